The van der Waals surface area contributed by atoms with Crippen molar-refractivity contribution in [1.29, 1.82) is 0 Å². The van der Waals surface area contributed by atoms with Gasteiger partial charge in [0, 0.05) is 5.54 Å². The lowest BCUT2D eigenvalue weighted by Gasteiger charge is -1.98. The highest BCUT2D eigenvalue weighted by Gasteiger charge is 1.86. The molecule has 0 fully saturated rings. The van der Waals surface area contributed by atoms with Gasteiger partial charge in [-0.05, 0) is 5.56 Å². The van der Waals surface area contributed by atoms with Gasteiger partial charge in [0.25, 0.3) is 0 Å². The predicted molar refractivity (Wildman–Crippen MR) is 46.2 cm³/mol. The second kappa shape index (κ2) is 4.80. The van der Waals surface area contributed by atoms with E-state index in [4.69, 9.17) is 16.3 Å². The molecule has 0 aliphatic carbocycles. The molecule has 2 heteroatoms. The summed E-state index contributed by atoms with van der Waals surface area (Å²) in [5.74, 6) is 0. The van der Waals surface area contributed by atoms with Crippen molar-refractivity contribution in [3.63, 3.8) is 0 Å². The SMILES string of the molecule is Cl/C=C/OCc1ccccc1. The summed E-state index contributed by atoms with van der Waals surface area (Å²) in [4.78, 5) is 0. The number of hydrogen-bond donors (Lipinski definition) is 0. The van der Waals surface area contributed by atoms with E-state index >= 15 is 0 Å². The third-order valence-electron chi connectivity index (χ3n) is 1.24. The van der Waals surface area contributed by atoms with Gasteiger partial charge in [-0.3, -0.25) is 0 Å². The van der Waals surface area contributed by atoms with E-state index < -0.39 is 0 Å². The molecule has 0 spiro atoms. The normalized spacial score (nSPS) is 10.3. The molecule has 0 radical (unpaired) electrons. The third-order valence-corrected chi connectivity index (χ3v) is 1.34. The molecule has 1 aromatic carbocycles. The Morgan fingerprint density at radius 1 is 1.27 bits per heavy atom. The van der Waals surface area contributed by atoms with Gasteiger partial charge in [-0.2, -0.15) is 0 Å². The van der Waals surface area contributed by atoms with Gasteiger partial charge in [0.15, 0.2) is 0 Å². The molecule has 0 heterocycles. The Hall–Kier alpha value is -0.950. The van der Waals surface area contributed by atoms with Crippen LogP contribution in [0, 0.1) is 0 Å². The van der Waals surface area contributed by atoms with E-state index in [1.807, 2.05) is 30.3 Å². The van der Waals surface area contributed by atoms with Crippen LogP contribution in [-0.2, 0) is 11.3 Å². The Morgan fingerprint density at radius 3 is 2.64 bits per heavy atom. The second-order valence-corrected chi connectivity index (χ2v) is 2.31. The first-order chi connectivity index (χ1) is 5.43. The number of rotatable bonds is 3. The van der Waals surface area contributed by atoms with Gasteiger partial charge in [0.1, 0.15) is 6.61 Å². The fraction of sp³-hybridized carbons (Fsp3) is 0.111. The zero-order valence-electron chi connectivity index (χ0n) is 6.03. The number of halogens is 1. The molecule has 0 saturated heterocycles. The van der Waals surface area contributed by atoms with E-state index in [9.17, 15) is 0 Å². The lowest BCUT2D eigenvalue weighted by Crippen LogP contribution is -1.83. The fourth-order valence-corrected chi connectivity index (χ4v) is 0.828. The van der Waals surface area contributed by atoms with Crippen LogP contribution >= 0.6 is 11.6 Å². The highest BCUT2D eigenvalue weighted by atomic mass is 35.5. The minimum absolute atomic E-state index is 0.573. The van der Waals surface area contributed by atoms with E-state index in [-0.39, 0.29) is 0 Å². The van der Waals surface area contributed by atoms with Crippen molar-refractivity contribution in [2.75, 3.05) is 0 Å². The zero-order valence-corrected chi connectivity index (χ0v) is 6.79. The van der Waals surface area contributed by atoms with E-state index in [0.717, 1.165) is 5.56 Å². The average Bonchev–Trinajstić information content (AvgIpc) is 2.07. The van der Waals surface area contributed by atoms with Gasteiger partial charge < -0.3 is 4.74 Å². The zero-order chi connectivity index (χ0) is 7.94. The minimum Gasteiger partial charge on any atom is -0.496 e. The van der Waals surface area contributed by atoms with Crippen molar-refractivity contribution in [2.45, 2.75) is 6.61 Å². The lowest BCUT2D eigenvalue weighted by molar-refractivity contribution is 0.237. The molecule has 0 saturated carbocycles. The van der Waals surface area contributed by atoms with Crippen molar-refractivity contribution in [1.82, 2.24) is 0 Å². The Balaban J connectivity index is 2.39. The molecule has 0 bridgehead atoms. The van der Waals surface area contributed by atoms with Crippen LogP contribution in [0.5, 0.6) is 0 Å². The topological polar surface area (TPSA) is 9.23 Å². The number of hydrogen-bond acceptors (Lipinski definition) is 1. The third kappa shape index (κ3) is 3.10. The highest BCUT2D eigenvalue weighted by Crippen LogP contribution is 2.00. The van der Waals surface area contributed by atoms with Gasteiger partial charge in [-0.1, -0.05) is 41.9 Å². The first-order valence-corrected chi connectivity index (χ1v) is 3.78. The van der Waals surface area contributed by atoms with Gasteiger partial charge in [0.05, 0.1) is 6.26 Å². The maximum atomic E-state index is 5.26. The molecule has 1 aromatic rings. The molecule has 1 rings (SSSR count). The molecular formula is C9H9ClO. The first kappa shape index (κ1) is 8.15. The van der Waals surface area contributed by atoms with Gasteiger partial charge in [0.2, 0.25) is 0 Å². The van der Waals surface area contributed by atoms with Crippen molar-refractivity contribution in [3.05, 3.63) is 47.7 Å². The number of benzene rings is 1. The Bertz CT molecular complexity index is 218. The lowest BCUT2D eigenvalue weighted by atomic mass is 10.2. The van der Waals surface area contributed by atoms with Crippen molar-refractivity contribution in [3.8, 4) is 0 Å². The van der Waals surface area contributed by atoms with E-state index in [1.165, 1.54) is 11.8 Å². The molecule has 0 amide bonds. The van der Waals surface area contributed by atoms with Crippen LogP contribution in [0.25, 0.3) is 0 Å². The van der Waals surface area contributed by atoms with Crippen LogP contribution in [0.1, 0.15) is 5.56 Å². The summed E-state index contributed by atoms with van der Waals surface area (Å²) in [6.45, 7) is 0.573. The summed E-state index contributed by atoms with van der Waals surface area (Å²) < 4.78 is 5.06. The molecule has 0 N–H and O–H groups in total. The maximum Gasteiger partial charge on any atom is 0.112 e. The Morgan fingerprint density at radius 2 is 2.00 bits per heavy atom. The molecule has 0 unspecified atom stereocenters. The van der Waals surface area contributed by atoms with Gasteiger partial charge >= 0.3 is 0 Å². The van der Waals surface area contributed by atoms with Crippen LogP contribution in [-0.4, -0.2) is 0 Å². The monoisotopic (exact) mass is 168 g/mol. The standard InChI is InChI=1S/C9H9ClO/c10-6-7-11-8-9-4-2-1-3-5-9/h1-7H,8H2/b7-6+. The van der Waals surface area contributed by atoms with Crippen molar-refractivity contribution >= 4 is 11.6 Å². The molecule has 0 atom stereocenters. The van der Waals surface area contributed by atoms with Crippen LogP contribution in [0.4, 0.5) is 0 Å². The summed E-state index contributed by atoms with van der Waals surface area (Å²) in [5, 5.41) is 0. The van der Waals surface area contributed by atoms with Crippen LogP contribution in [0.2, 0.25) is 0 Å². The highest BCUT2D eigenvalue weighted by molar-refractivity contribution is 6.25. The minimum atomic E-state index is 0.573. The van der Waals surface area contributed by atoms with Crippen molar-refractivity contribution < 1.29 is 4.74 Å². The van der Waals surface area contributed by atoms with Crippen molar-refractivity contribution in [2.24, 2.45) is 0 Å². The van der Waals surface area contributed by atoms with E-state index in [0.29, 0.717) is 6.61 Å². The summed E-state index contributed by atoms with van der Waals surface area (Å²) in [7, 11) is 0. The average molecular weight is 169 g/mol. The summed E-state index contributed by atoms with van der Waals surface area (Å²) in [5.41, 5.74) is 2.49. The van der Waals surface area contributed by atoms with Crippen LogP contribution < -0.4 is 0 Å². The molecule has 58 valence electrons. The Kier molecular flexibility index (Phi) is 3.56. The van der Waals surface area contributed by atoms with Gasteiger partial charge in [-0.25, -0.2) is 0 Å². The quantitative estimate of drug-likeness (QED) is 0.631. The van der Waals surface area contributed by atoms with Crippen LogP contribution in [0.3, 0.4) is 0 Å². The molecule has 1 nitrogen and oxygen atoms in total. The second-order valence-electron chi connectivity index (χ2n) is 2.06. The van der Waals surface area contributed by atoms with E-state index in [2.05, 4.69) is 0 Å². The molecular weight excluding hydrogens is 160 g/mol. The van der Waals surface area contributed by atoms with Gasteiger partial charge in [-0.15, -0.1) is 0 Å². The molecule has 0 aliphatic rings. The fourth-order valence-electron chi connectivity index (χ4n) is 0.755. The largest absolute Gasteiger partial charge is 0.496 e. The summed E-state index contributed by atoms with van der Waals surface area (Å²) in [6, 6.07) is 9.93. The summed E-state index contributed by atoms with van der Waals surface area (Å²) in [6.07, 6.45) is 1.47. The smallest absolute Gasteiger partial charge is 0.112 e. The molecule has 0 aliphatic heterocycles. The number of ether oxygens (including phenoxy) is 1. The molecule has 11 heavy (non-hydrogen) atoms. The van der Waals surface area contributed by atoms with Crippen LogP contribution in [0.15, 0.2) is 42.1 Å². The first-order valence-electron chi connectivity index (χ1n) is 3.34. The maximum absolute atomic E-state index is 5.26. The Labute approximate surface area is 71.3 Å². The molecule has 0 aromatic heterocycles. The summed E-state index contributed by atoms with van der Waals surface area (Å²) >= 11 is 5.26. The predicted octanol–water partition coefficient (Wildman–Crippen LogP) is 2.91. The van der Waals surface area contributed by atoms with E-state index in [1.54, 1.807) is 0 Å².